The third kappa shape index (κ3) is 4.66. The summed E-state index contributed by atoms with van der Waals surface area (Å²) in [6, 6.07) is 4.67. The second-order valence-electron chi connectivity index (χ2n) is 5.92. The topological polar surface area (TPSA) is 81.1 Å². The number of carboxylic acid groups (broad SMARTS) is 2. The highest BCUT2D eigenvalue weighted by atomic mass is 19.1. The van der Waals surface area contributed by atoms with E-state index in [2.05, 4.69) is 4.90 Å². The second kappa shape index (κ2) is 7.41. The van der Waals surface area contributed by atoms with Crippen LogP contribution < -0.4 is 4.90 Å². The lowest BCUT2D eigenvalue weighted by atomic mass is 9.97. The lowest BCUT2D eigenvalue weighted by Crippen LogP contribution is -2.35. The van der Waals surface area contributed by atoms with E-state index in [4.69, 9.17) is 10.2 Å². The fraction of sp³-hybridized carbons (Fsp3) is 0.500. The van der Waals surface area contributed by atoms with Crippen molar-refractivity contribution in [2.75, 3.05) is 31.6 Å². The lowest BCUT2D eigenvalue weighted by Gasteiger charge is -2.30. The monoisotopic (exact) mass is 324 g/mol. The zero-order valence-electron chi connectivity index (χ0n) is 13.0. The van der Waals surface area contributed by atoms with Crippen LogP contribution in [0.25, 0.3) is 0 Å². The number of likely N-dealkylation sites (N-methyl/N-ethyl adjacent to an activating group) is 1. The molecule has 0 atom stereocenters. The molecule has 1 aromatic rings. The Balaban J connectivity index is 2.01. The summed E-state index contributed by atoms with van der Waals surface area (Å²) in [6.45, 7) is 1.70. The molecule has 2 rings (SSSR count). The molecule has 0 spiro atoms. The van der Waals surface area contributed by atoms with Gasteiger partial charge in [-0.1, -0.05) is 6.07 Å². The van der Waals surface area contributed by atoms with Gasteiger partial charge in [-0.3, -0.25) is 14.5 Å². The van der Waals surface area contributed by atoms with Crippen molar-refractivity contribution in [3.63, 3.8) is 0 Å². The van der Waals surface area contributed by atoms with Crippen molar-refractivity contribution in [2.24, 2.45) is 5.92 Å². The molecular formula is C16H21FN2O4. The number of piperidine rings is 1. The molecule has 1 aliphatic heterocycles. The summed E-state index contributed by atoms with van der Waals surface area (Å²) in [4.78, 5) is 25.2. The summed E-state index contributed by atoms with van der Waals surface area (Å²) in [5, 5.41) is 17.8. The molecule has 6 nitrogen and oxygen atoms in total. The lowest BCUT2D eigenvalue weighted by molar-refractivity contribution is -0.143. The van der Waals surface area contributed by atoms with Gasteiger partial charge in [0.1, 0.15) is 12.4 Å². The highest BCUT2D eigenvalue weighted by molar-refractivity contribution is 5.73. The van der Waals surface area contributed by atoms with Gasteiger partial charge in [0.05, 0.1) is 11.6 Å². The molecule has 0 radical (unpaired) electrons. The minimum atomic E-state index is -1.02. The summed E-state index contributed by atoms with van der Waals surface area (Å²) in [5.74, 6) is -2.50. The Labute approximate surface area is 134 Å². The maximum Gasteiger partial charge on any atom is 0.323 e. The smallest absolute Gasteiger partial charge is 0.323 e. The predicted molar refractivity (Wildman–Crippen MR) is 82.9 cm³/mol. The van der Waals surface area contributed by atoms with Crippen LogP contribution in [0.4, 0.5) is 10.1 Å². The Hall–Kier alpha value is -2.15. The van der Waals surface area contributed by atoms with Crippen LogP contribution in [0, 0.1) is 11.7 Å². The molecule has 7 heteroatoms. The van der Waals surface area contributed by atoms with Gasteiger partial charge in [0.2, 0.25) is 0 Å². The van der Waals surface area contributed by atoms with Crippen molar-refractivity contribution in [2.45, 2.75) is 19.4 Å². The van der Waals surface area contributed by atoms with Gasteiger partial charge in [0.25, 0.3) is 0 Å². The first-order chi connectivity index (χ1) is 10.9. The maximum atomic E-state index is 13.9. The van der Waals surface area contributed by atoms with Crippen molar-refractivity contribution < 1.29 is 24.2 Å². The first-order valence-corrected chi connectivity index (χ1v) is 7.53. The number of halogens is 1. The van der Waals surface area contributed by atoms with E-state index in [0.717, 1.165) is 5.56 Å². The zero-order chi connectivity index (χ0) is 17.0. The summed E-state index contributed by atoms with van der Waals surface area (Å²) in [7, 11) is 1.54. The van der Waals surface area contributed by atoms with E-state index in [1.54, 1.807) is 12.1 Å². The Morgan fingerprint density at radius 1 is 1.30 bits per heavy atom. The van der Waals surface area contributed by atoms with Gasteiger partial charge in [0.15, 0.2) is 0 Å². The van der Waals surface area contributed by atoms with E-state index < -0.39 is 17.8 Å². The largest absolute Gasteiger partial charge is 0.481 e. The predicted octanol–water partition coefficient (Wildman–Crippen LogP) is 1.64. The van der Waals surface area contributed by atoms with Crippen LogP contribution in [0.2, 0.25) is 0 Å². The number of nitrogens with zero attached hydrogens (tertiary/aromatic N) is 2. The average molecular weight is 324 g/mol. The number of carboxylic acids is 2. The molecule has 2 N–H and O–H groups in total. The highest BCUT2D eigenvalue weighted by Gasteiger charge is 2.24. The van der Waals surface area contributed by atoms with Crippen LogP contribution in [0.5, 0.6) is 0 Å². The van der Waals surface area contributed by atoms with Gasteiger partial charge < -0.3 is 15.1 Å². The maximum absolute atomic E-state index is 13.9. The molecule has 1 fully saturated rings. The number of aliphatic carboxylic acids is 2. The third-order valence-corrected chi connectivity index (χ3v) is 4.14. The molecule has 0 saturated carbocycles. The fourth-order valence-electron chi connectivity index (χ4n) is 2.83. The molecule has 0 aromatic heterocycles. The van der Waals surface area contributed by atoms with Crippen molar-refractivity contribution in [3.05, 3.63) is 29.6 Å². The molecule has 126 valence electrons. The van der Waals surface area contributed by atoms with Gasteiger partial charge in [0, 0.05) is 13.6 Å². The van der Waals surface area contributed by atoms with E-state index in [-0.39, 0.29) is 18.2 Å². The van der Waals surface area contributed by atoms with Crippen molar-refractivity contribution in [1.82, 2.24) is 4.90 Å². The molecule has 0 amide bonds. The van der Waals surface area contributed by atoms with E-state index in [1.807, 2.05) is 0 Å². The molecule has 0 aliphatic carbocycles. The summed E-state index contributed by atoms with van der Waals surface area (Å²) < 4.78 is 13.9. The Morgan fingerprint density at radius 2 is 1.96 bits per heavy atom. The SMILES string of the molecule is CN(CC(=O)O)c1cc(CN2CCC(C(=O)O)CC2)ccc1F. The number of anilines is 1. The van der Waals surface area contributed by atoms with Gasteiger partial charge in [-0.2, -0.15) is 0 Å². The minimum Gasteiger partial charge on any atom is -0.481 e. The van der Waals surface area contributed by atoms with Crippen LogP contribution in [0.1, 0.15) is 18.4 Å². The number of benzene rings is 1. The van der Waals surface area contributed by atoms with Crippen LogP contribution >= 0.6 is 0 Å². The van der Waals surface area contributed by atoms with Crippen molar-refractivity contribution in [1.29, 1.82) is 0 Å². The number of hydrogen-bond donors (Lipinski definition) is 2. The number of rotatable bonds is 6. The number of carbonyl (C=O) groups is 2. The molecule has 0 unspecified atom stereocenters. The molecule has 1 saturated heterocycles. The van der Waals surface area contributed by atoms with Gasteiger partial charge in [-0.15, -0.1) is 0 Å². The van der Waals surface area contributed by atoms with E-state index in [9.17, 15) is 14.0 Å². The molecule has 1 aromatic carbocycles. The first kappa shape index (κ1) is 17.2. The summed E-state index contributed by atoms with van der Waals surface area (Å²) in [5.41, 5.74) is 1.14. The third-order valence-electron chi connectivity index (χ3n) is 4.14. The molecular weight excluding hydrogens is 303 g/mol. The van der Waals surface area contributed by atoms with E-state index in [1.165, 1.54) is 18.0 Å². The van der Waals surface area contributed by atoms with Crippen LogP contribution in [0.3, 0.4) is 0 Å². The fourth-order valence-corrected chi connectivity index (χ4v) is 2.83. The normalized spacial score (nSPS) is 16.3. The summed E-state index contributed by atoms with van der Waals surface area (Å²) >= 11 is 0. The second-order valence-corrected chi connectivity index (χ2v) is 5.92. The molecule has 23 heavy (non-hydrogen) atoms. The van der Waals surface area contributed by atoms with Crippen LogP contribution in [0.15, 0.2) is 18.2 Å². The van der Waals surface area contributed by atoms with Gasteiger partial charge >= 0.3 is 11.9 Å². The van der Waals surface area contributed by atoms with Crippen molar-refractivity contribution in [3.8, 4) is 0 Å². The first-order valence-electron chi connectivity index (χ1n) is 7.53. The minimum absolute atomic E-state index is 0.255. The van der Waals surface area contributed by atoms with E-state index in [0.29, 0.717) is 32.5 Å². The van der Waals surface area contributed by atoms with Crippen molar-refractivity contribution >= 4 is 17.6 Å². The Morgan fingerprint density at radius 3 is 2.52 bits per heavy atom. The summed E-state index contributed by atoms with van der Waals surface area (Å²) in [6.07, 6.45) is 1.23. The van der Waals surface area contributed by atoms with Crippen LogP contribution in [-0.2, 0) is 16.1 Å². The average Bonchev–Trinajstić information content (AvgIpc) is 2.49. The number of hydrogen-bond acceptors (Lipinski definition) is 4. The quantitative estimate of drug-likeness (QED) is 0.828. The van der Waals surface area contributed by atoms with Gasteiger partial charge in [-0.25, -0.2) is 4.39 Å². The highest BCUT2D eigenvalue weighted by Crippen LogP contribution is 2.23. The molecule has 1 heterocycles. The standard InChI is InChI=1S/C16H21FN2O4/c1-18(10-15(20)21)14-8-11(2-3-13(14)17)9-19-6-4-12(5-7-19)16(22)23/h2-3,8,12H,4-7,9-10H2,1H3,(H,20,21)(H,22,23). The number of likely N-dealkylation sites (tertiary alicyclic amines) is 1. The van der Waals surface area contributed by atoms with Crippen LogP contribution in [-0.4, -0.2) is 53.7 Å². The Bertz CT molecular complexity index is 585. The zero-order valence-corrected chi connectivity index (χ0v) is 13.0. The molecule has 0 bridgehead atoms. The Kier molecular flexibility index (Phi) is 5.54. The molecule has 1 aliphatic rings. The van der Waals surface area contributed by atoms with E-state index >= 15 is 0 Å². The van der Waals surface area contributed by atoms with Gasteiger partial charge in [-0.05, 0) is 43.6 Å².